The van der Waals surface area contributed by atoms with Gasteiger partial charge in [-0.25, -0.2) is 0 Å². The largest absolute Gasteiger partial charge is 0.305 e. The highest BCUT2D eigenvalue weighted by Gasteiger charge is 2.67. The van der Waals surface area contributed by atoms with Crippen molar-refractivity contribution in [2.75, 3.05) is 0 Å². The van der Waals surface area contributed by atoms with Gasteiger partial charge < -0.3 is 0 Å². The minimum absolute atomic E-state index is 2.71. The molecule has 0 aromatic rings. The van der Waals surface area contributed by atoms with E-state index in [0.717, 1.165) is 0 Å². The van der Waals surface area contributed by atoms with Gasteiger partial charge in [0, 0.05) is 0 Å². The zero-order valence-electron chi connectivity index (χ0n) is 5.75. The molecule has 0 bridgehead atoms. The molecule has 0 aliphatic rings. The van der Waals surface area contributed by atoms with Crippen molar-refractivity contribution in [1.29, 1.82) is 0 Å². The third-order valence-electron chi connectivity index (χ3n) is 0.570. The maximum Gasteiger partial charge on any atom is 0.305 e. The van der Waals surface area contributed by atoms with Gasteiger partial charge in [0.05, 0.1) is 10.8 Å². The standard InChI is InChI=1S/C2H2F10S2/c3-13(4,5,6,7)1-2-14(8,9,10,11)12/h1-2H. The van der Waals surface area contributed by atoms with E-state index in [1.807, 2.05) is 0 Å². The van der Waals surface area contributed by atoms with E-state index in [1.54, 1.807) is 0 Å². The number of hydrogen-bond acceptors (Lipinski definition) is 0. The fraction of sp³-hybridized carbons (Fsp3) is 0. The molecule has 0 aromatic carbocycles. The molecule has 92 valence electrons. The lowest BCUT2D eigenvalue weighted by Crippen LogP contribution is -2.05. The Morgan fingerprint density at radius 1 is 0.429 bits per heavy atom. The van der Waals surface area contributed by atoms with Crippen molar-refractivity contribution in [1.82, 2.24) is 0 Å². The van der Waals surface area contributed by atoms with Crippen molar-refractivity contribution in [2.24, 2.45) is 0 Å². The van der Waals surface area contributed by atoms with Crippen LogP contribution in [0.5, 0.6) is 0 Å². The van der Waals surface area contributed by atoms with E-state index in [-0.39, 0.29) is 0 Å². The van der Waals surface area contributed by atoms with Gasteiger partial charge in [-0.3, -0.25) is 0 Å². The fourth-order valence-electron chi connectivity index (χ4n) is 0.210. The van der Waals surface area contributed by atoms with Crippen LogP contribution < -0.4 is 0 Å². The van der Waals surface area contributed by atoms with Gasteiger partial charge in [0.15, 0.2) is 0 Å². The summed E-state index contributed by atoms with van der Waals surface area (Å²) in [7, 11) is -21.2. The van der Waals surface area contributed by atoms with Gasteiger partial charge in [-0.15, -0.1) is 0 Å². The summed E-state index contributed by atoms with van der Waals surface area (Å²) in [6, 6.07) is 0. The minimum Gasteiger partial charge on any atom is -0.0941 e. The Bertz CT molecular complexity index is 247. The monoisotopic (exact) mass is 280 g/mol. The molecule has 0 saturated heterocycles. The van der Waals surface area contributed by atoms with E-state index in [4.69, 9.17) is 0 Å². The highest BCUT2D eigenvalue weighted by atomic mass is 32.5. The Kier molecular flexibility index (Phi) is 1.71. The van der Waals surface area contributed by atoms with Gasteiger partial charge in [-0.1, -0.05) is 38.9 Å². The predicted molar refractivity (Wildman–Crippen MR) is 35.4 cm³/mol. The maximum atomic E-state index is 11.2. The molecule has 12 heteroatoms. The molecular formula is C2H2F10S2. The number of halogens is 10. The average molecular weight is 280 g/mol. The van der Waals surface area contributed by atoms with Crippen LogP contribution in [0.2, 0.25) is 0 Å². The zero-order valence-corrected chi connectivity index (χ0v) is 7.38. The quantitative estimate of drug-likeness (QED) is 0.540. The smallest absolute Gasteiger partial charge is 0.0941 e. The van der Waals surface area contributed by atoms with Crippen LogP contribution in [0, 0.1) is 0 Å². The van der Waals surface area contributed by atoms with Crippen LogP contribution in [0.25, 0.3) is 0 Å². The van der Waals surface area contributed by atoms with E-state index < -0.39 is 31.3 Å². The van der Waals surface area contributed by atoms with Crippen LogP contribution in [-0.4, -0.2) is 0 Å². The molecule has 0 aliphatic heterocycles. The van der Waals surface area contributed by atoms with E-state index in [1.165, 1.54) is 0 Å². The molecule has 0 nitrogen and oxygen atoms in total. The first-order valence-corrected chi connectivity index (χ1v) is 6.38. The molecule has 0 unspecified atom stereocenters. The van der Waals surface area contributed by atoms with Crippen LogP contribution in [0.3, 0.4) is 0 Å². The summed E-state index contributed by atoms with van der Waals surface area (Å²) in [6.45, 7) is 0. The van der Waals surface area contributed by atoms with Gasteiger partial charge >= 0.3 is 20.4 Å². The van der Waals surface area contributed by atoms with Crippen molar-refractivity contribution in [2.45, 2.75) is 0 Å². The molecule has 0 spiro atoms. The van der Waals surface area contributed by atoms with Crippen molar-refractivity contribution in [3.8, 4) is 0 Å². The van der Waals surface area contributed by atoms with Crippen molar-refractivity contribution < 1.29 is 38.9 Å². The second-order valence-electron chi connectivity index (χ2n) is 2.33. The average Bonchev–Trinajstić information content (AvgIpc) is 1.49. The first kappa shape index (κ1) is 13.7. The molecule has 0 amide bonds. The van der Waals surface area contributed by atoms with Crippen LogP contribution in [0.1, 0.15) is 0 Å². The Labute approximate surface area is 71.0 Å². The first-order chi connectivity index (χ1) is 5.16. The minimum atomic E-state index is -10.6. The van der Waals surface area contributed by atoms with E-state index in [9.17, 15) is 38.9 Å². The van der Waals surface area contributed by atoms with Gasteiger partial charge in [0.25, 0.3) is 0 Å². The van der Waals surface area contributed by atoms with Gasteiger partial charge in [-0.2, -0.15) is 0 Å². The van der Waals surface area contributed by atoms with Gasteiger partial charge in [0.2, 0.25) is 0 Å². The highest BCUT2D eigenvalue weighted by Crippen LogP contribution is 3.04. The van der Waals surface area contributed by atoms with E-state index >= 15 is 0 Å². The Morgan fingerprint density at radius 2 is 0.571 bits per heavy atom. The van der Waals surface area contributed by atoms with Crippen molar-refractivity contribution in [3.63, 3.8) is 0 Å². The Morgan fingerprint density at radius 3 is 0.643 bits per heavy atom. The summed E-state index contributed by atoms with van der Waals surface area (Å²) < 4.78 is 112. The van der Waals surface area contributed by atoms with Crippen LogP contribution in [-0.2, 0) is 0 Å². The second-order valence-corrected chi connectivity index (χ2v) is 6.99. The lowest BCUT2D eigenvalue weighted by Gasteiger charge is -2.41. The molecule has 0 fully saturated rings. The molecule has 0 radical (unpaired) electrons. The van der Waals surface area contributed by atoms with Crippen LogP contribution in [0.4, 0.5) is 38.9 Å². The maximum absolute atomic E-state index is 11.2. The topological polar surface area (TPSA) is 0 Å². The third kappa shape index (κ3) is 11.7. The molecule has 14 heavy (non-hydrogen) atoms. The van der Waals surface area contributed by atoms with E-state index in [2.05, 4.69) is 0 Å². The molecule has 0 saturated carbocycles. The molecule has 0 N–H and O–H groups in total. The molecule has 0 aromatic heterocycles. The number of hydrogen-bond donors (Lipinski definition) is 0. The lowest BCUT2D eigenvalue weighted by atomic mass is 11.3. The van der Waals surface area contributed by atoms with E-state index in [0.29, 0.717) is 0 Å². The highest BCUT2D eigenvalue weighted by molar-refractivity contribution is 8.50. The first-order valence-electron chi connectivity index (χ1n) is 2.35. The molecular weight excluding hydrogens is 278 g/mol. The van der Waals surface area contributed by atoms with Gasteiger partial charge in [-0.05, 0) is 0 Å². The fourth-order valence-corrected chi connectivity index (χ4v) is 1.89. The third-order valence-corrected chi connectivity index (χ3v) is 2.04. The molecule has 0 rings (SSSR count). The lowest BCUT2D eigenvalue weighted by molar-refractivity contribution is 0.374. The summed E-state index contributed by atoms with van der Waals surface area (Å²) in [5.74, 6) is 0. The Balaban J connectivity index is 5.44. The second kappa shape index (κ2) is 1.74. The zero-order chi connectivity index (χ0) is 12.2. The normalized spacial score (nSPS) is 25.0. The van der Waals surface area contributed by atoms with Crippen molar-refractivity contribution >= 4 is 20.4 Å². The Hall–Kier alpha value is -0.260. The number of rotatable bonds is 2. The summed E-state index contributed by atoms with van der Waals surface area (Å²) in [5.41, 5.74) is 0. The van der Waals surface area contributed by atoms with Crippen LogP contribution >= 0.6 is 20.4 Å². The molecule has 0 atom stereocenters. The van der Waals surface area contributed by atoms with Crippen LogP contribution in [0.15, 0.2) is 10.8 Å². The predicted octanol–water partition coefficient (Wildman–Crippen LogP) is 6.05. The summed E-state index contributed by atoms with van der Waals surface area (Å²) in [5, 5.41) is -5.41. The summed E-state index contributed by atoms with van der Waals surface area (Å²) in [4.78, 5) is 0. The van der Waals surface area contributed by atoms with Gasteiger partial charge in [0.1, 0.15) is 0 Å². The molecule has 0 aliphatic carbocycles. The summed E-state index contributed by atoms with van der Waals surface area (Å²) in [6.07, 6.45) is 0. The molecule has 0 heterocycles. The van der Waals surface area contributed by atoms with Crippen molar-refractivity contribution in [3.05, 3.63) is 10.8 Å². The SMILES string of the molecule is FS(F)(F)(F)(F)C=CS(F)(F)(F)(F)F. The summed E-state index contributed by atoms with van der Waals surface area (Å²) >= 11 is 0.